The van der Waals surface area contributed by atoms with E-state index in [1.165, 1.54) is 0 Å². The van der Waals surface area contributed by atoms with Gasteiger partial charge in [0.05, 0.1) is 6.10 Å². The monoisotopic (exact) mass is 221 g/mol. The van der Waals surface area contributed by atoms with Crippen molar-refractivity contribution in [2.45, 2.75) is 32.3 Å². The Kier molecular flexibility index (Phi) is 3.91. The summed E-state index contributed by atoms with van der Waals surface area (Å²) in [7, 11) is 0. The second kappa shape index (κ2) is 5.41. The minimum Gasteiger partial charge on any atom is -0.388 e. The first-order valence-corrected chi connectivity index (χ1v) is 5.93. The van der Waals surface area contributed by atoms with Crippen LogP contribution in [0, 0.1) is 12.8 Å². The van der Waals surface area contributed by atoms with Crippen molar-refractivity contribution < 1.29 is 9.84 Å². The fourth-order valence-electron chi connectivity index (χ4n) is 2.28. The molecule has 1 saturated heterocycles. The normalized spacial score (nSPS) is 19.6. The molecule has 0 spiro atoms. The summed E-state index contributed by atoms with van der Waals surface area (Å²) in [6, 6.07) is 1.92. The maximum Gasteiger partial charge on any atom is 0.0796 e. The van der Waals surface area contributed by atoms with Gasteiger partial charge in [-0.25, -0.2) is 0 Å². The number of pyridine rings is 1. The molecule has 0 saturated carbocycles. The van der Waals surface area contributed by atoms with Crippen LogP contribution in [0.4, 0.5) is 0 Å². The van der Waals surface area contributed by atoms with Crippen LogP contribution in [-0.2, 0) is 4.74 Å². The molecule has 1 N–H and O–H groups in total. The Bertz CT molecular complexity index is 334. The second-order valence-electron chi connectivity index (χ2n) is 4.54. The minimum absolute atomic E-state index is 0.355. The molecule has 0 aliphatic carbocycles. The van der Waals surface area contributed by atoms with Crippen LogP contribution in [0.3, 0.4) is 0 Å². The number of ether oxygens (including phenoxy) is 1. The van der Waals surface area contributed by atoms with Crippen LogP contribution in [0.15, 0.2) is 18.5 Å². The SMILES string of the molecule is Cc1cnccc1C(O)CC1CCOCC1. The van der Waals surface area contributed by atoms with E-state index in [-0.39, 0.29) is 6.10 Å². The van der Waals surface area contributed by atoms with Crippen LogP contribution in [-0.4, -0.2) is 23.3 Å². The van der Waals surface area contributed by atoms with Gasteiger partial charge in [-0.3, -0.25) is 4.98 Å². The van der Waals surface area contributed by atoms with E-state index in [0.717, 1.165) is 43.6 Å². The third-order valence-electron chi connectivity index (χ3n) is 3.32. The molecule has 16 heavy (non-hydrogen) atoms. The van der Waals surface area contributed by atoms with E-state index < -0.39 is 0 Å². The lowest BCUT2D eigenvalue weighted by molar-refractivity contribution is 0.0434. The van der Waals surface area contributed by atoms with Crippen molar-refractivity contribution in [3.05, 3.63) is 29.6 Å². The van der Waals surface area contributed by atoms with Crippen molar-refractivity contribution >= 4 is 0 Å². The smallest absolute Gasteiger partial charge is 0.0796 e. The van der Waals surface area contributed by atoms with Gasteiger partial charge < -0.3 is 9.84 Å². The maximum absolute atomic E-state index is 10.2. The number of aromatic nitrogens is 1. The zero-order chi connectivity index (χ0) is 11.4. The molecule has 2 rings (SSSR count). The van der Waals surface area contributed by atoms with Gasteiger partial charge in [-0.2, -0.15) is 0 Å². The molecular weight excluding hydrogens is 202 g/mol. The molecule has 1 aliphatic rings. The van der Waals surface area contributed by atoms with Gasteiger partial charge in [0, 0.05) is 25.6 Å². The van der Waals surface area contributed by atoms with Crippen molar-refractivity contribution in [3.63, 3.8) is 0 Å². The predicted molar refractivity (Wildman–Crippen MR) is 62.1 cm³/mol. The zero-order valence-corrected chi connectivity index (χ0v) is 9.72. The maximum atomic E-state index is 10.2. The molecule has 1 unspecified atom stereocenters. The third kappa shape index (κ3) is 2.80. The quantitative estimate of drug-likeness (QED) is 0.851. The Morgan fingerprint density at radius 2 is 2.25 bits per heavy atom. The molecule has 1 atom stereocenters. The van der Waals surface area contributed by atoms with Gasteiger partial charge in [-0.05, 0) is 49.3 Å². The third-order valence-corrected chi connectivity index (χ3v) is 3.32. The van der Waals surface area contributed by atoms with Gasteiger partial charge in [0.15, 0.2) is 0 Å². The molecule has 0 radical (unpaired) electrons. The molecule has 3 heteroatoms. The molecule has 2 heterocycles. The van der Waals surface area contributed by atoms with Gasteiger partial charge in [-0.15, -0.1) is 0 Å². The highest BCUT2D eigenvalue weighted by atomic mass is 16.5. The van der Waals surface area contributed by atoms with Gasteiger partial charge in [0.2, 0.25) is 0 Å². The van der Waals surface area contributed by atoms with Crippen LogP contribution in [0.1, 0.15) is 36.5 Å². The van der Waals surface area contributed by atoms with E-state index in [4.69, 9.17) is 4.74 Å². The van der Waals surface area contributed by atoms with Crippen LogP contribution >= 0.6 is 0 Å². The summed E-state index contributed by atoms with van der Waals surface area (Å²) in [6.07, 6.45) is 6.18. The van der Waals surface area contributed by atoms with Crippen molar-refractivity contribution in [1.82, 2.24) is 4.98 Å². The molecule has 88 valence electrons. The van der Waals surface area contributed by atoms with E-state index in [0.29, 0.717) is 5.92 Å². The Morgan fingerprint density at radius 3 is 2.94 bits per heavy atom. The summed E-state index contributed by atoms with van der Waals surface area (Å²) >= 11 is 0. The largest absolute Gasteiger partial charge is 0.388 e. The van der Waals surface area contributed by atoms with Crippen molar-refractivity contribution in [3.8, 4) is 0 Å². The van der Waals surface area contributed by atoms with E-state index >= 15 is 0 Å². The number of aryl methyl sites for hydroxylation is 1. The average molecular weight is 221 g/mol. The first-order chi connectivity index (χ1) is 7.77. The molecule has 1 aromatic heterocycles. The van der Waals surface area contributed by atoms with Gasteiger partial charge >= 0.3 is 0 Å². The molecule has 1 aliphatic heterocycles. The van der Waals surface area contributed by atoms with Crippen molar-refractivity contribution in [1.29, 1.82) is 0 Å². The predicted octanol–water partition coefficient (Wildman–Crippen LogP) is 2.24. The van der Waals surface area contributed by atoms with Gasteiger partial charge in [0.25, 0.3) is 0 Å². The molecule has 1 aromatic rings. The van der Waals surface area contributed by atoms with Crippen LogP contribution in [0.5, 0.6) is 0 Å². The number of aliphatic hydroxyl groups is 1. The van der Waals surface area contributed by atoms with E-state index in [2.05, 4.69) is 4.98 Å². The fraction of sp³-hybridized carbons (Fsp3) is 0.615. The summed E-state index contributed by atoms with van der Waals surface area (Å²) < 4.78 is 5.32. The Morgan fingerprint density at radius 1 is 1.50 bits per heavy atom. The van der Waals surface area contributed by atoms with Crippen LogP contribution in [0.2, 0.25) is 0 Å². The zero-order valence-electron chi connectivity index (χ0n) is 9.72. The fourth-order valence-corrected chi connectivity index (χ4v) is 2.28. The number of rotatable bonds is 3. The molecule has 1 fully saturated rings. The number of nitrogens with zero attached hydrogens (tertiary/aromatic N) is 1. The Balaban J connectivity index is 1.96. The molecular formula is C13H19NO2. The van der Waals surface area contributed by atoms with Crippen molar-refractivity contribution in [2.24, 2.45) is 5.92 Å². The average Bonchev–Trinajstić information content (AvgIpc) is 2.31. The molecule has 0 amide bonds. The van der Waals surface area contributed by atoms with Gasteiger partial charge in [-0.1, -0.05) is 0 Å². The van der Waals surface area contributed by atoms with E-state index in [1.54, 1.807) is 6.20 Å². The lowest BCUT2D eigenvalue weighted by atomic mass is 9.90. The van der Waals surface area contributed by atoms with E-state index in [1.807, 2.05) is 19.2 Å². The number of hydrogen-bond donors (Lipinski definition) is 1. The first-order valence-electron chi connectivity index (χ1n) is 5.93. The highest BCUT2D eigenvalue weighted by molar-refractivity contribution is 5.23. The topological polar surface area (TPSA) is 42.4 Å². The number of hydrogen-bond acceptors (Lipinski definition) is 3. The standard InChI is InChI=1S/C13H19NO2/c1-10-9-14-5-2-12(10)13(15)8-11-3-6-16-7-4-11/h2,5,9,11,13,15H,3-4,6-8H2,1H3. The van der Waals surface area contributed by atoms with Crippen LogP contribution < -0.4 is 0 Å². The van der Waals surface area contributed by atoms with E-state index in [9.17, 15) is 5.11 Å². The lowest BCUT2D eigenvalue weighted by Crippen LogP contribution is -2.18. The Hall–Kier alpha value is -0.930. The highest BCUT2D eigenvalue weighted by Gasteiger charge is 2.19. The minimum atomic E-state index is -0.355. The number of aliphatic hydroxyl groups excluding tert-OH is 1. The molecule has 0 aromatic carbocycles. The first kappa shape index (κ1) is 11.6. The highest BCUT2D eigenvalue weighted by Crippen LogP contribution is 2.28. The second-order valence-corrected chi connectivity index (χ2v) is 4.54. The van der Waals surface area contributed by atoms with Gasteiger partial charge in [0.1, 0.15) is 0 Å². The summed E-state index contributed by atoms with van der Waals surface area (Å²) in [4.78, 5) is 4.04. The summed E-state index contributed by atoms with van der Waals surface area (Å²) in [5.74, 6) is 0.594. The van der Waals surface area contributed by atoms with Crippen LogP contribution in [0.25, 0.3) is 0 Å². The molecule has 3 nitrogen and oxygen atoms in total. The lowest BCUT2D eigenvalue weighted by Gasteiger charge is -2.24. The Labute approximate surface area is 96.5 Å². The summed E-state index contributed by atoms with van der Waals surface area (Å²) in [5, 5.41) is 10.2. The summed E-state index contributed by atoms with van der Waals surface area (Å²) in [5.41, 5.74) is 2.09. The molecule has 0 bridgehead atoms. The summed E-state index contributed by atoms with van der Waals surface area (Å²) in [6.45, 7) is 3.68. The van der Waals surface area contributed by atoms with Crippen molar-refractivity contribution in [2.75, 3.05) is 13.2 Å².